The Morgan fingerprint density at radius 1 is 1.04 bits per heavy atom. The fraction of sp³-hybridized carbons (Fsp3) is 0.200. The smallest absolute Gasteiger partial charge is 0.243 e. The number of anilines is 1. The van der Waals surface area contributed by atoms with Crippen molar-refractivity contribution in [2.24, 2.45) is 0 Å². The Morgan fingerprint density at radius 3 is 2.64 bits per heavy atom. The van der Waals surface area contributed by atoms with Crippen LogP contribution in [0.4, 0.5) is 5.69 Å². The summed E-state index contributed by atoms with van der Waals surface area (Å²) in [5, 5.41) is 7.77. The standard InChI is InChI=1S/C20H19N5O2S/c1-14-21-18-10-3-2-9-17(18)20-22-19(23-25(14)20)15-7-6-8-16(13-15)28(26,27)24-11-4-5-12-24/h2-3,6-10,13,21H,1,4-5,11-12H2. The molecule has 0 unspecified atom stereocenters. The van der Waals surface area contributed by atoms with Crippen LogP contribution in [0.15, 0.2) is 60.0 Å². The number of aromatic nitrogens is 3. The van der Waals surface area contributed by atoms with Crippen LogP contribution in [0.5, 0.6) is 0 Å². The number of para-hydroxylation sites is 1. The molecule has 1 fully saturated rings. The van der Waals surface area contributed by atoms with E-state index in [4.69, 9.17) is 0 Å². The molecule has 0 bridgehead atoms. The molecule has 1 N–H and O–H groups in total. The zero-order chi connectivity index (χ0) is 19.3. The van der Waals surface area contributed by atoms with Crippen molar-refractivity contribution in [3.05, 3.63) is 55.1 Å². The molecule has 2 aromatic carbocycles. The van der Waals surface area contributed by atoms with E-state index in [-0.39, 0.29) is 4.90 Å². The van der Waals surface area contributed by atoms with Gasteiger partial charge in [0.15, 0.2) is 11.6 Å². The molecule has 2 aliphatic rings. The summed E-state index contributed by atoms with van der Waals surface area (Å²) in [6.45, 7) is 5.17. The molecule has 142 valence electrons. The Morgan fingerprint density at radius 2 is 1.82 bits per heavy atom. The second-order valence-electron chi connectivity index (χ2n) is 6.93. The van der Waals surface area contributed by atoms with Gasteiger partial charge in [0.1, 0.15) is 5.82 Å². The summed E-state index contributed by atoms with van der Waals surface area (Å²) < 4.78 is 29.0. The number of rotatable bonds is 3. The Kier molecular flexibility index (Phi) is 3.85. The van der Waals surface area contributed by atoms with E-state index in [0.29, 0.717) is 36.1 Å². The van der Waals surface area contributed by atoms with Crippen molar-refractivity contribution in [1.82, 2.24) is 19.1 Å². The monoisotopic (exact) mass is 393 g/mol. The van der Waals surface area contributed by atoms with Crippen molar-refractivity contribution in [3.63, 3.8) is 0 Å². The Hall–Kier alpha value is -2.97. The van der Waals surface area contributed by atoms with Crippen LogP contribution in [-0.4, -0.2) is 40.6 Å². The molecule has 7 nitrogen and oxygen atoms in total. The third kappa shape index (κ3) is 2.64. The van der Waals surface area contributed by atoms with Crippen LogP contribution in [0, 0.1) is 0 Å². The highest BCUT2D eigenvalue weighted by molar-refractivity contribution is 7.89. The maximum absolute atomic E-state index is 12.9. The number of fused-ring (bicyclic) bond motifs is 3. The van der Waals surface area contributed by atoms with Crippen molar-refractivity contribution in [2.75, 3.05) is 18.4 Å². The van der Waals surface area contributed by atoms with Gasteiger partial charge in [-0.2, -0.15) is 8.99 Å². The van der Waals surface area contributed by atoms with Crippen LogP contribution in [0.1, 0.15) is 12.8 Å². The number of hydrogen-bond acceptors (Lipinski definition) is 5. The van der Waals surface area contributed by atoms with E-state index in [9.17, 15) is 8.42 Å². The maximum Gasteiger partial charge on any atom is 0.243 e. The van der Waals surface area contributed by atoms with Crippen molar-refractivity contribution < 1.29 is 8.42 Å². The minimum absolute atomic E-state index is 0.275. The molecule has 8 heteroatoms. The predicted octanol–water partition coefficient (Wildman–Crippen LogP) is 3.25. The third-order valence-electron chi connectivity index (χ3n) is 5.10. The summed E-state index contributed by atoms with van der Waals surface area (Å²) in [6.07, 6.45) is 1.81. The van der Waals surface area contributed by atoms with E-state index in [2.05, 4.69) is 22.0 Å². The molecule has 0 radical (unpaired) electrons. The van der Waals surface area contributed by atoms with E-state index in [1.807, 2.05) is 30.3 Å². The predicted molar refractivity (Wildman–Crippen MR) is 108 cm³/mol. The fourth-order valence-electron chi connectivity index (χ4n) is 3.67. The van der Waals surface area contributed by atoms with Gasteiger partial charge in [-0.25, -0.2) is 13.4 Å². The third-order valence-corrected chi connectivity index (χ3v) is 7.00. The molecule has 0 atom stereocenters. The molecule has 0 amide bonds. The van der Waals surface area contributed by atoms with Crippen LogP contribution < -0.4 is 5.32 Å². The van der Waals surface area contributed by atoms with Gasteiger partial charge < -0.3 is 5.32 Å². The molecule has 1 aromatic heterocycles. The summed E-state index contributed by atoms with van der Waals surface area (Å²) in [6, 6.07) is 14.6. The molecule has 0 saturated carbocycles. The zero-order valence-corrected chi connectivity index (χ0v) is 16.0. The number of hydrogen-bond donors (Lipinski definition) is 1. The van der Waals surface area contributed by atoms with Crippen LogP contribution in [-0.2, 0) is 10.0 Å². The maximum atomic E-state index is 12.9. The van der Waals surface area contributed by atoms with Gasteiger partial charge in [-0.15, -0.1) is 5.10 Å². The van der Waals surface area contributed by atoms with Crippen molar-refractivity contribution in [1.29, 1.82) is 0 Å². The van der Waals surface area contributed by atoms with E-state index >= 15 is 0 Å². The van der Waals surface area contributed by atoms with Gasteiger partial charge in [0.25, 0.3) is 0 Å². The lowest BCUT2D eigenvalue weighted by Crippen LogP contribution is -2.27. The molecule has 1 saturated heterocycles. The number of nitrogens with zero attached hydrogens (tertiary/aromatic N) is 4. The van der Waals surface area contributed by atoms with Crippen LogP contribution in [0.2, 0.25) is 0 Å². The van der Waals surface area contributed by atoms with E-state index in [0.717, 1.165) is 24.1 Å². The summed E-state index contributed by atoms with van der Waals surface area (Å²) in [5.41, 5.74) is 2.51. The molecule has 5 rings (SSSR count). The quantitative estimate of drug-likeness (QED) is 0.739. The molecule has 3 aromatic rings. The lowest BCUT2D eigenvalue weighted by atomic mass is 10.1. The number of sulfonamides is 1. The molecular formula is C20H19N5O2S. The molecular weight excluding hydrogens is 374 g/mol. The van der Waals surface area contributed by atoms with Gasteiger partial charge in [0, 0.05) is 24.2 Å². The first kappa shape index (κ1) is 17.2. The first-order valence-corrected chi connectivity index (χ1v) is 10.6. The minimum atomic E-state index is -3.49. The molecule has 28 heavy (non-hydrogen) atoms. The first-order valence-electron chi connectivity index (χ1n) is 9.17. The van der Waals surface area contributed by atoms with E-state index in [1.54, 1.807) is 27.2 Å². The molecule has 0 spiro atoms. The van der Waals surface area contributed by atoms with Crippen molar-refractivity contribution >= 4 is 21.5 Å². The van der Waals surface area contributed by atoms with Gasteiger partial charge in [0.05, 0.1) is 10.6 Å². The summed E-state index contributed by atoms with van der Waals surface area (Å²) in [4.78, 5) is 4.95. The minimum Gasteiger partial charge on any atom is -0.340 e. The number of nitrogens with one attached hydrogen (secondary N) is 1. The highest BCUT2D eigenvalue weighted by Crippen LogP contribution is 2.35. The van der Waals surface area contributed by atoms with Crippen molar-refractivity contribution in [2.45, 2.75) is 17.7 Å². The molecule has 3 heterocycles. The lowest BCUT2D eigenvalue weighted by Gasteiger charge is -2.19. The van der Waals surface area contributed by atoms with Gasteiger partial charge >= 0.3 is 0 Å². The van der Waals surface area contributed by atoms with Gasteiger partial charge in [-0.1, -0.05) is 30.8 Å². The topological polar surface area (TPSA) is 80.1 Å². The fourth-order valence-corrected chi connectivity index (χ4v) is 5.23. The normalized spacial score (nSPS) is 16.5. The second kappa shape index (κ2) is 6.29. The molecule has 0 aliphatic carbocycles. The van der Waals surface area contributed by atoms with E-state index < -0.39 is 10.0 Å². The van der Waals surface area contributed by atoms with E-state index in [1.165, 1.54) is 0 Å². The lowest BCUT2D eigenvalue weighted by molar-refractivity contribution is 0.477. The first-order chi connectivity index (χ1) is 13.5. The average Bonchev–Trinajstić information content (AvgIpc) is 3.39. The average molecular weight is 393 g/mol. The highest BCUT2D eigenvalue weighted by atomic mass is 32.2. The second-order valence-corrected chi connectivity index (χ2v) is 8.87. The molecule has 2 aliphatic heterocycles. The van der Waals surface area contributed by atoms with Gasteiger partial charge in [-0.05, 0) is 37.1 Å². The SMILES string of the molecule is C=C1Nc2ccccc2-c2nc(-c3cccc(S(=O)(=O)N4CCCC4)c3)nn21. The van der Waals surface area contributed by atoms with Gasteiger partial charge in [0.2, 0.25) is 10.0 Å². The van der Waals surface area contributed by atoms with Crippen molar-refractivity contribution in [3.8, 4) is 22.8 Å². The number of benzene rings is 2. The Labute approximate surface area is 163 Å². The van der Waals surface area contributed by atoms with Crippen LogP contribution in [0.3, 0.4) is 0 Å². The highest BCUT2D eigenvalue weighted by Gasteiger charge is 2.28. The van der Waals surface area contributed by atoms with Gasteiger partial charge in [-0.3, -0.25) is 0 Å². The van der Waals surface area contributed by atoms with Crippen LogP contribution in [0.25, 0.3) is 28.6 Å². The van der Waals surface area contributed by atoms with Crippen LogP contribution >= 0.6 is 0 Å². The Balaban J connectivity index is 1.58. The summed E-state index contributed by atoms with van der Waals surface area (Å²) in [7, 11) is -3.49. The summed E-state index contributed by atoms with van der Waals surface area (Å²) >= 11 is 0. The zero-order valence-electron chi connectivity index (χ0n) is 15.2. The summed E-state index contributed by atoms with van der Waals surface area (Å²) in [5.74, 6) is 1.75. The Bertz CT molecular complexity index is 1190. The largest absolute Gasteiger partial charge is 0.340 e.